The summed E-state index contributed by atoms with van der Waals surface area (Å²) in [7, 11) is 1.06. The zero-order valence-corrected chi connectivity index (χ0v) is 8.25. The molecule has 6 heteroatoms. The largest absolute Gasteiger partial charge is 0.449 e. The lowest BCUT2D eigenvalue weighted by molar-refractivity contribution is -0.147. The van der Waals surface area contributed by atoms with Crippen molar-refractivity contribution in [3.8, 4) is 0 Å². The Morgan fingerprint density at radius 3 is 2.50 bits per heavy atom. The second kappa shape index (κ2) is 3.33. The van der Waals surface area contributed by atoms with Gasteiger partial charge >= 0.3 is 6.18 Å². The van der Waals surface area contributed by atoms with Crippen LogP contribution in [-0.2, 0) is 13.2 Å². The van der Waals surface area contributed by atoms with E-state index in [2.05, 4.69) is 4.98 Å². The highest BCUT2D eigenvalue weighted by Gasteiger charge is 2.36. The summed E-state index contributed by atoms with van der Waals surface area (Å²) >= 11 is 0. The smallest absolute Gasteiger partial charge is 0.292 e. The van der Waals surface area contributed by atoms with E-state index in [1.165, 1.54) is 18.2 Å². The molecule has 0 aliphatic carbocycles. The molecule has 0 bridgehead atoms. The van der Waals surface area contributed by atoms with Crippen LogP contribution in [0.5, 0.6) is 0 Å². The highest BCUT2D eigenvalue weighted by atomic mass is 19.4. The second-order valence-corrected chi connectivity index (χ2v) is 3.31. The molecule has 0 atom stereocenters. The summed E-state index contributed by atoms with van der Waals surface area (Å²) in [6.07, 6.45) is -4.63. The van der Waals surface area contributed by atoms with Crippen LogP contribution in [0.25, 0.3) is 10.9 Å². The van der Waals surface area contributed by atoms with E-state index < -0.39 is 17.6 Å². The molecule has 1 aromatic heterocycles. The van der Waals surface area contributed by atoms with Gasteiger partial charge in [-0.05, 0) is 12.1 Å². The Hall–Kier alpha value is -1.85. The molecule has 16 heavy (non-hydrogen) atoms. The molecule has 2 aromatic rings. The van der Waals surface area contributed by atoms with Crippen molar-refractivity contribution in [1.82, 2.24) is 9.55 Å². The molecule has 0 aliphatic rings. The quantitative estimate of drug-likeness (QED) is 0.690. The lowest BCUT2D eigenvalue weighted by Gasteiger charge is -2.11. The number of hydrogen-bond acceptors (Lipinski definition) is 2. The lowest BCUT2D eigenvalue weighted by Crippen LogP contribution is -2.27. The number of hydrogen-bond donors (Lipinski definition) is 0. The van der Waals surface area contributed by atoms with E-state index in [0.717, 1.165) is 7.05 Å². The summed E-state index contributed by atoms with van der Waals surface area (Å²) in [5.41, 5.74) is -0.643. The molecule has 0 saturated heterocycles. The third kappa shape index (κ3) is 1.56. The number of fused-ring (bicyclic) bond motifs is 1. The number of nitrogens with zero attached hydrogens (tertiary/aromatic N) is 2. The third-order valence-corrected chi connectivity index (χ3v) is 2.24. The Balaban J connectivity index is 2.90. The van der Waals surface area contributed by atoms with Gasteiger partial charge in [-0.2, -0.15) is 13.2 Å². The summed E-state index contributed by atoms with van der Waals surface area (Å²) in [4.78, 5) is 15.1. The first-order valence-electron chi connectivity index (χ1n) is 4.44. The van der Waals surface area contributed by atoms with Crippen LogP contribution in [0.15, 0.2) is 29.1 Å². The molecule has 1 aromatic carbocycles. The third-order valence-electron chi connectivity index (χ3n) is 2.24. The number of halogens is 3. The van der Waals surface area contributed by atoms with Gasteiger partial charge in [0.05, 0.1) is 10.9 Å². The molecular formula is C10H7F3N2O. The molecule has 0 N–H and O–H groups in total. The minimum absolute atomic E-state index is 0.0536. The number of alkyl halides is 3. The monoisotopic (exact) mass is 228 g/mol. The highest BCUT2D eigenvalue weighted by Crippen LogP contribution is 2.27. The van der Waals surface area contributed by atoms with Crippen LogP contribution in [-0.4, -0.2) is 9.55 Å². The van der Waals surface area contributed by atoms with E-state index >= 15 is 0 Å². The van der Waals surface area contributed by atoms with Crippen LogP contribution < -0.4 is 5.56 Å². The molecule has 0 amide bonds. The second-order valence-electron chi connectivity index (χ2n) is 3.31. The average Bonchev–Trinajstić information content (AvgIpc) is 2.22. The van der Waals surface area contributed by atoms with Crippen LogP contribution >= 0.6 is 0 Å². The number of benzene rings is 1. The summed E-state index contributed by atoms with van der Waals surface area (Å²) < 4.78 is 38.1. The molecule has 0 spiro atoms. The van der Waals surface area contributed by atoms with Crippen LogP contribution in [0.4, 0.5) is 13.2 Å². The average molecular weight is 228 g/mol. The van der Waals surface area contributed by atoms with Gasteiger partial charge in [0.25, 0.3) is 5.56 Å². The SMILES string of the molecule is Cn1c(C(F)(F)F)nc2ccccc2c1=O. The van der Waals surface area contributed by atoms with Gasteiger partial charge in [0, 0.05) is 7.05 Å². The van der Waals surface area contributed by atoms with Crippen molar-refractivity contribution < 1.29 is 13.2 Å². The normalized spacial score (nSPS) is 12.0. The molecule has 0 radical (unpaired) electrons. The van der Waals surface area contributed by atoms with E-state index in [9.17, 15) is 18.0 Å². The zero-order valence-electron chi connectivity index (χ0n) is 8.25. The van der Waals surface area contributed by atoms with Gasteiger partial charge in [-0.25, -0.2) is 4.98 Å². The van der Waals surface area contributed by atoms with Gasteiger partial charge in [0.15, 0.2) is 0 Å². The maximum Gasteiger partial charge on any atom is 0.449 e. The molecule has 0 saturated carbocycles. The van der Waals surface area contributed by atoms with Gasteiger partial charge in [-0.15, -0.1) is 0 Å². The van der Waals surface area contributed by atoms with E-state index in [4.69, 9.17) is 0 Å². The molecule has 2 rings (SSSR count). The van der Waals surface area contributed by atoms with Crippen LogP contribution in [0.1, 0.15) is 5.82 Å². The van der Waals surface area contributed by atoms with Crippen molar-refractivity contribution in [3.63, 3.8) is 0 Å². The van der Waals surface area contributed by atoms with Crippen LogP contribution in [0.3, 0.4) is 0 Å². The zero-order chi connectivity index (χ0) is 11.9. The minimum atomic E-state index is -4.63. The molecule has 0 aliphatic heterocycles. The summed E-state index contributed by atoms with van der Waals surface area (Å²) in [6.45, 7) is 0. The van der Waals surface area contributed by atoms with Gasteiger partial charge in [0.1, 0.15) is 0 Å². The summed E-state index contributed by atoms with van der Waals surface area (Å²) in [5, 5.41) is 0.179. The Bertz CT molecular complexity index is 601. The first kappa shape index (κ1) is 10.7. The van der Waals surface area contributed by atoms with Gasteiger partial charge in [0.2, 0.25) is 5.82 Å². The Morgan fingerprint density at radius 2 is 1.88 bits per heavy atom. The standard InChI is InChI=1S/C10H7F3N2O/c1-15-8(16)6-4-2-3-5-7(6)14-9(15)10(11,12)13/h2-5H,1H3. The van der Waals surface area contributed by atoms with E-state index in [-0.39, 0.29) is 10.9 Å². The van der Waals surface area contributed by atoms with Crippen molar-refractivity contribution in [2.45, 2.75) is 6.18 Å². The van der Waals surface area contributed by atoms with Crippen molar-refractivity contribution in [1.29, 1.82) is 0 Å². The van der Waals surface area contributed by atoms with Crippen LogP contribution in [0, 0.1) is 0 Å². The van der Waals surface area contributed by atoms with Crippen molar-refractivity contribution in [2.75, 3.05) is 0 Å². The van der Waals surface area contributed by atoms with E-state index in [1.807, 2.05) is 0 Å². The maximum atomic E-state index is 12.5. The highest BCUT2D eigenvalue weighted by molar-refractivity contribution is 5.77. The molecular weight excluding hydrogens is 221 g/mol. The molecule has 1 heterocycles. The summed E-state index contributed by atoms with van der Waals surface area (Å²) in [5.74, 6) is -1.18. The Morgan fingerprint density at radius 1 is 1.25 bits per heavy atom. The molecule has 84 valence electrons. The number of rotatable bonds is 0. The van der Waals surface area contributed by atoms with Crippen molar-refractivity contribution in [3.05, 3.63) is 40.4 Å². The topological polar surface area (TPSA) is 34.9 Å². The number of para-hydroxylation sites is 1. The van der Waals surface area contributed by atoms with Gasteiger partial charge in [-0.3, -0.25) is 9.36 Å². The molecule has 0 unspecified atom stereocenters. The predicted octanol–water partition coefficient (Wildman–Crippen LogP) is 1.95. The fourth-order valence-corrected chi connectivity index (χ4v) is 1.47. The fourth-order valence-electron chi connectivity index (χ4n) is 1.47. The maximum absolute atomic E-state index is 12.5. The van der Waals surface area contributed by atoms with Crippen molar-refractivity contribution in [2.24, 2.45) is 7.05 Å². The van der Waals surface area contributed by atoms with Gasteiger partial charge < -0.3 is 0 Å². The van der Waals surface area contributed by atoms with E-state index in [0.29, 0.717) is 4.57 Å². The molecule has 0 fully saturated rings. The number of aromatic nitrogens is 2. The summed E-state index contributed by atoms with van der Waals surface area (Å²) in [6, 6.07) is 5.95. The Labute approximate surface area is 88.2 Å². The lowest BCUT2D eigenvalue weighted by atomic mass is 10.2. The molecule has 3 nitrogen and oxygen atoms in total. The predicted molar refractivity (Wildman–Crippen MR) is 52.0 cm³/mol. The Kier molecular flexibility index (Phi) is 2.22. The van der Waals surface area contributed by atoms with Crippen molar-refractivity contribution >= 4 is 10.9 Å². The fraction of sp³-hybridized carbons (Fsp3) is 0.200. The van der Waals surface area contributed by atoms with Crippen LogP contribution in [0.2, 0.25) is 0 Å². The first-order chi connectivity index (χ1) is 7.41. The first-order valence-corrected chi connectivity index (χ1v) is 4.44. The minimum Gasteiger partial charge on any atom is -0.292 e. The van der Waals surface area contributed by atoms with E-state index in [1.54, 1.807) is 6.07 Å². The van der Waals surface area contributed by atoms with Gasteiger partial charge in [-0.1, -0.05) is 12.1 Å².